The van der Waals surface area contributed by atoms with Gasteiger partial charge in [0.2, 0.25) is 0 Å². The fraction of sp³-hybridized carbons (Fsp3) is 0.600. The van der Waals surface area contributed by atoms with Crippen LogP contribution in [0, 0.1) is 47.3 Å². The summed E-state index contributed by atoms with van der Waals surface area (Å²) in [6.07, 6.45) is 75.2. The first-order chi connectivity index (χ1) is 51.8. The van der Waals surface area contributed by atoms with E-state index >= 15 is 0 Å². The minimum absolute atomic E-state index is 0. The first-order valence-corrected chi connectivity index (χ1v) is 51.1. The van der Waals surface area contributed by atoms with E-state index in [2.05, 4.69) is 121 Å². The molecule has 6 aromatic carbocycles. The summed E-state index contributed by atoms with van der Waals surface area (Å²) in [7, 11) is -1.62. The van der Waals surface area contributed by atoms with Crippen molar-refractivity contribution in [1.29, 1.82) is 21.0 Å². The molecule has 6 aromatic rings. The van der Waals surface area contributed by atoms with Gasteiger partial charge in [-0.1, -0.05) is 131 Å². The third kappa shape index (κ3) is 38.0. The summed E-state index contributed by atoms with van der Waals surface area (Å²) in [4.78, 5) is 0. The van der Waals surface area contributed by atoms with Crippen molar-refractivity contribution in [2.75, 3.05) is 12.3 Å². The Hall–Kier alpha value is -2.23. The number of benzene rings is 4. The van der Waals surface area contributed by atoms with Crippen LogP contribution >= 0.6 is 39.6 Å². The fourth-order valence-corrected chi connectivity index (χ4v) is 41.8. The van der Waals surface area contributed by atoms with E-state index in [-0.39, 0.29) is 92.0 Å². The van der Waals surface area contributed by atoms with Crippen LogP contribution in [0.1, 0.15) is 295 Å². The van der Waals surface area contributed by atoms with Crippen LogP contribution in [0.25, 0.3) is 0 Å². The molecule has 0 aliphatic heterocycles. The molecule has 13 heteroatoms. The minimum Gasteiger partial charge on any atom is -0.512 e. The van der Waals surface area contributed by atoms with Crippen molar-refractivity contribution < 1.29 is 68.3 Å². The summed E-state index contributed by atoms with van der Waals surface area (Å²) >= 11 is 0. The molecule has 9 saturated carbocycles. The molecule has 0 saturated heterocycles. The molecule has 9 fully saturated rings. The average molecular weight is 1730 g/mol. The third-order valence-corrected chi connectivity index (χ3v) is 44.7. The molecule has 604 valence electrons. The molecular formula is C95H140Cu2Fe2N4P5-. The topological polar surface area (TPSA) is 95.2 Å². The SMILES string of the molecule is C1CCC([PH+](C2CCCCC2)C2CCCCC2)CC1.C1CCC([PH+](C2CCCCC2)C2CCCCC2)CC1.C1CCC([PH+](C2CCCCC2)C2CCCCC2)CC1.[C-]#N.[C-]#N.[C-]#N.[C-]#N.[Cu].[Cu].[Fe].[Fe].c1cc[cH-]c1.c1cc[cH-]c1.c1ccc([PH+](CCC[PH+](c2ccccc2)c2ccccc2)c2ccccc2)cc1. The molecule has 0 atom stereocenters. The van der Waals surface area contributed by atoms with Gasteiger partial charge in [0.05, 0.1) is 100 Å². The molecular weight excluding hydrogens is 1590 g/mol. The van der Waals surface area contributed by atoms with Crippen LogP contribution in [-0.2, 0) is 68.3 Å². The minimum atomic E-state index is -0.742. The molecule has 2 radical (unpaired) electrons. The summed E-state index contributed by atoms with van der Waals surface area (Å²) in [5, 5.41) is 31.1. The number of hydrogen-bond acceptors (Lipinski definition) is 4. The molecule has 0 aromatic heterocycles. The second-order valence-electron chi connectivity index (χ2n) is 31.7. The molecule has 9 aliphatic carbocycles. The standard InChI is InChI=1S/C27H26P2.3C18H33P.2C5H5.4CN.2Cu.2Fe/c1-5-14-24(15-6-1)28(25-16-7-2-8-17-25)22-13-23-29(26-18-9-3-10-19-26)27-20-11-4-12-21-27;3*1-4-10-16(11-5-1)19(17-12-6-2-7-13-17)18-14-8-3-9-15-18;2*1-2-4-5-3-1;4*1-2;;;;/h1-12,14-21H,13,22-23H2;3*16-18H,1-15H2;2*1-5H;;;;;;;;/q;;;;6*-1;;;;/p+5. The third-order valence-electron chi connectivity index (χ3n) is 25.1. The quantitative estimate of drug-likeness (QED) is 0.0516. The Labute approximate surface area is 710 Å². The number of hydrogen-bond donors (Lipinski definition) is 0. The van der Waals surface area contributed by atoms with E-state index in [0.717, 1.165) is 0 Å². The van der Waals surface area contributed by atoms with E-state index in [0.29, 0.717) is 0 Å². The molecule has 0 bridgehead atoms. The molecule has 108 heavy (non-hydrogen) atoms. The van der Waals surface area contributed by atoms with Crippen molar-refractivity contribution in [2.45, 2.75) is 346 Å². The van der Waals surface area contributed by atoms with Gasteiger partial charge in [0.15, 0.2) is 0 Å². The first kappa shape index (κ1) is 102. The maximum atomic E-state index is 6.25. The molecule has 4 nitrogen and oxygen atoms in total. The van der Waals surface area contributed by atoms with E-state index in [9.17, 15) is 0 Å². The van der Waals surface area contributed by atoms with E-state index in [1.807, 2.05) is 60.7 Å². The van der Waals surface area contributed by atoms with Gasteiger partial charge >= 0.3 is 0 Å². The zero-order valence-electron chi connectivity index (χ0n) is 66.1. The van der Waals surface area contributed by atoms with Gasteiger partial charge in [0.25, 0.3) is 0 Å². The van der Waals surface area contributed by atoms with Crippen molar-refractivity contribution in [3.05, 3.63) is 208 Å². The number of rotatable bonds is 17. The first-order valence-electron chi connectivity index (χ1n) is 42.5. The summed E-state index contributed by atoms with van der Waals surface area (Å²) in [5.74, 6) is 0. The molecule has 0 heterocycles. The van der Waals surface area contributed by atoms with Crippen LogP contribution in [0.5, 0.6) is 0 Å². The van der Waals surface area contributed by atoms with Crippen molar-refractivity contribution in [3.63, 3.8) is 0 Å². The zero-order chi connectivity index (χ0) is 73.5. The van der Waals surface area contributed by atoms with Gasteiger partial charge in [0.1, 0.15) is 0 Å². The molecule has 9 aliphatic rings. The maximum Gasteiger partial charge on any atom is 0.0966 e. The predicted octanol–water partition coefficient (Wildman–Crippen LogP) is 26.9. The van der Waals surface area contributed by atoms with E-state index in [1.54, 1.807) is 289 Å². The summed E-state index contributed by atoms with van der Waals surface area (Å²) < 4.78 is 0. The Morgan fingerprint density at radius 1 is 0.222 bits per heavy atom. The molecule has 0 amide bonds. The molecule has 0 N–H and O–H groups in total. The van der Waals surface area contributed by atoms with E-state index in [4.69, 9.17) is 47.3 Å². The van der Waals surface area contributed by atoms with Gasteiger partial charge in [-0.2, -0.15) is 36.4 Å². The largest absolute Gasteiger partial charge is 0.512 e. The van der Waals surface area contributed by atoms with Crippen LogP contribution in [0.3, 0.4) is 0 Å². The number of nitrogens with zero attached hydrogens (tertiary/aromatic N) is 4. The van der Waals surface area contributed by atoms with Crippen molar-refractivity contribution >= 4 is 60.8 Å². The summed E-state index contributed by atoms with van der Waals surface area (Å²) in [6.45, 7) is 19.0. The van der Waals surface area contributed by atoms with Gasteiger partial charge in [-0.3, -0.25) is 0 Å². The van der Waals surface area contributed by atoms with Crippen molar-refractivity contribution in [1.82, 2.24) is 0 Å². The fourth-order valence-electron chi connectivity index (χ4n) is 20.5. The Bertz CT molecular complexity index is 2460. The van der Waals surface area contributed by atoms with E-state index < -0.39 is 15.8 Å². The van der Waals surface area contributed by atoms with Gasteiger partial charge in [-0.15, -0.1) is 0 Å². The smallest absolute Gasteiger partial charge is 0.0966 e. The van der Waals surface area contributed by atoms with Crippen LogP contribution in [0.15, 0.2) is 182 Å². The second kappa shape index (κ2) is 67.0. The van der Waals surface area contributed by atoms with Crippen LogP contribution in [0.2, 0.25) is 0 Å². The zero-order valence-corrected chi connectivity index (χ0v) is 75.1. The predicted molar refractivity (Wildman–Crippen MR) is 466 cm³/mol. The Balaban J connectivity index is 0.000000453. The summed E-state index contributed by atoms with van der Waals surface area (Å²) in [5.41, 5.74) is 11.0. The molecule has 0 spiro atoms. The second-order valence-corrected chi connectivity index (χ2v) is 47.3. The van der Waals surface area contributed by atoms with E-state index in [1.165, 1.54) is 90.9 Å². The van der Waals surface area contributed by atoms with Crippen molar-refractivity contribution in [2.24, 2.45) is 0 Å². The van der Waals surface area contributed by atoms with Crippen LogP contribution in [0.4, 0.5) is 0 Å². The normalized spacial score (nSPS) is 19.0. The Kier molecular flexibility index (Phi) is 63.2. The monoisotopic (exact) mass is 1730 g/mol. The molecule has 0 unspecified atom stereocenters. The van der Waals surface area contributed by atoms with Crippen molar-refractivity contribution in [3.8, 4) is 0 Å². The summed E-state index contributed by atoms with van der Waals surface area (Å²) in [6, 6.07) is 64.6. The van der Waals surface area contributed by atoms with Crippen LogP contribution in [-0.4, -0.2) is 63.3 Å². The maximum absolute atomic E-state index is 6.25. The van der Waals surface area contributed by atoms with Gasteiger partial charge in [-0.05, 0) is 280 Å². The van der Waals surface area contributed by atoms with Crippen LogP contribution < -0.4 is 21.2 Å². The average Bonchev–Trinajstić information content (AvgIpc) is 1.32. The van der Waals surface area contributed by atoms with Gasteiger partial charge in [-0.25, -0.2) is 24.3 Å². The molecule has 15 rings (SSSR count). The van der Waals surface area contributed by atoms with Gasteiger partial charge in [0, 0.05) is 98.5 Å². The Morgan fingerprint density at radius 2 is 0.361 bits per heavy atom. The van der Waals surface area contributed by atoms with Gasteiger partial charge < -0.3 is 47.3 Å². The Morgan fingerprint density at radius 3 is 0.481 bits per heavy atom.